The average molecular weight is 192 g/mol. The summed E-state index contributed by atoms with van der Waals surface area (Å²) in [5.41, 5.74) is 6.35. The number of nitrogens with two attached hydrogens (primary N) is 1. The Labute approximate surface area is 80.3 Å². The fraction of sp³-hybridized carbons (Fsp3) is 0.100. The Morgan fingerprint density at radius 1 is 1.29 bits per heavy atom. The average Bonchev–Trinajstić information content (AvgIpc) is 2.56. The van der Waals surface area contributed by atoms with E-state index in [1.807, 2.05) is 0 Å². The second kappa shape index (κ2) is 3.49. The molecule has 0 aliphatic heterocycles. The van der Waals surface area contributed by atoms with Gasteiger partial charge in [0.05, 0.1) is 0 Å². The van der Waals surface area contributed by atoms with Crippen molar-refractivity contribution in [3.05, 3.63) is 47.5 Å². The zero-order valence-electron chi connectivity index (χ0n) is 7.40. The largest absolute Gasteiger partial charge is 0.381 e. The predicted molar refractivity (Wildman–Crippen MR) is 50.1 cm³/mol. The highest BCUT2D eigenvalue weighted by molar-refractivity contribution is 5.29. The first-order valence-corrected chi connectivity index (χ1v) is 4.19. The summed E-state index contributed by atoms with van der Waals surface area (Å²) in [5.74, 6) is 0.794. The van der Waals surface area contributed by atoms with Crippen molar-refractivity contribution in [2.75, 3.05) is 5.73 Å². The van der Waals surface area contributed by atoms with E-state index in [0.29, 0.717) is 18.0 Å². The number of rotatable bonds is 2. The minimum atomic E-state index is -0.245. The Balaban J connectivity index is 2.15. The molecule has 0 unspecified atom stereocenters. The number of aromatic nitrogens is 1. The minimum absolute atomic E-state index is 0.245. The Hall–Kier alpha value is -1.84. The van der Waals surface area contributed by atoms with E-state index in [1.165, 1.54) is 12.1 Å². The second-order valence-corrected chi connectivity index (χ2v) is 3.02. The third kappa shape index (κ3) is 1.90. The summed E-state index contributed by atoms with van der Waals surface area (Å²) in [5, 5.41) is 3.56. The fourth-order valence-electron chi connectivity index (χ4n) is 1.22. The normalized spacial score (nSPS) is 10.4. The van der Waals surface area contributed by atoms with Crippen LogP contribution < -0.4 is 5.73 Å². The van der Waals surface area contributed by atoms with Gasteiger partial charge in [-0.1, -0.05) is 17.3 Å². The SMILES string of the molecule is Nc1cc(Cc2ccc(F)cc2)on1. The number of benzene rings is 1. The van der Waals surface area contributed by atoms with Crippen molar-refractivity contribution in [3.8, 4) is 0 Å². The Morgan fingerprint density at radius 2 is 2.00 bits per heavy atom. The monoisotopic (exact) mass is 192 g/mol. The standard InChI is InChI=1S/C10H9FN2O/c11-8-3-1-7(2-4-8)5-9-6-10(12)13-14-9/h1-4,6H,5H2,(H2,12,13). The first kappa shape index (κ1) is 8.74. The summed E-state index contributed by atoms with van der Waals surface area (Å²) < 4.78 is 17.5. The number of hydrogen-bond acceptors (Lipinski definition) is 3. The van der Waals surface area contributed by atoms with E-state index in [9.17, 15) is 4.39 Å². The molecular formula is C10H9FN2O. The van der Waals surface area contributed by atoms with E-state index < -0.39 is 0 Å². The maximum Gasteiger partial charge on any atom is 0.167 e. The van der Waals surface area contributed by atoms with Crippen LogP contribution in [0.4, 0.5) is 10.2 Å². The zero-order valence-corrected chi connectivity index (χ0v) is 7.40. The number of halogens is 1. The molecule has 1 aromatic heterocycles. The van der Waals surface area contributed by atoms with Gasteiger partial charge in [0.15, 0.2) is 5.82 Å². The molecule has 72 valence electrons. The van der Waals surface area contributed by atoms with E-state index in [4.69, 9.17) is 10.3 Å². The summed E-state index contributed by atoms with van der Waals surface area (Å²) in [4.78, 5) is 0. The molecule has 0 aliphatic rings. The van der Waals surface area contributed by atoms with Gasteiger partial charge in [0, 0.05) is 12.5 Å². The molecule has 0 radical (unpaired) electrons. The zero-order chi connectivity index (χ0) is 9.97. The van der Waals surface area contributed by atoms with Crippen molar-refractivity contribution < 1.29 is 8.91 Å². The molecule has 4 heteroatoms. The van der Waals surface area contributed by atoms with Crippen LogP contribution in [0.5, 0.6) is 0 Å². The van der Waals surface area contributed by atoms with Crippen molar-refractivity contribution in [3.63, 3.8) is 0 Å². The third-order valence-electron chi connectivity index (χ3n) is 1.87. The van der Waals surface area contributed by atoms with Crippen molar-refractivity contribution in [1.82, 2.24) is 5.16 Å². The molecule has 3 nitrogen and oxygen atoms in total. The molecular weight excluding hydrogens is 183 g/mol. The van der Waals surface area contributed by atoms with Crippen LogP contribution in [0.1, 0.15) is 11.3 Å². The summed E-state index contributed by atoms with van der Waals surface area (Å²) in [6, 6.07) is 7.88. The maximum absolute atomic E-state index is 12.6. The van der Waals surface area contributed by atoms with Gasteiger partial charge in [0.25, 0.3) is 0 Å². The quantitative estimate of drug-likeness (QED) is 0.791. The number of hydrogen-bond donors (Lipinski definition) is 1. The van der Waals surface area contributed by atoms with Crippen LogP contribution in [0.2, 0.25) is 0 Å². The van der Waals surface area contributed by atoms with Gasteiger partial charge in [0.2, 0.25) is 0 Å². The van der Waals surface area contributed by atoms with E-state index >= 15 is 0 Å². The summed E-state index contributed by atoms with van der Waals surface area (Å²) >= 11 is 0. The molecule has 0 saturated heterocycles. The number of nitrogens with zero attached hydrogens (tertiary/aromatic N) is 1. The maximum atomic E-state index is 12.6. The molecule has 14 heavy (non-hydrogen) atoms. The van der Waals surface area contributed by atoms with Gasteiger partial charge < -0.3 is 10.3 Å². The summed E-state index contributed by atoms with van der Waals surface area (Å²) in [6.45, 7) is 0. The highest BCUT2D eigenvalue weighted by atomic mass is 19.1. The molecule has 0 atom stereocenters. The smallest absolute Gasteiger partial charge is 0.167 e. The molecule has 0 bridgehead atoms. The van der Waals surface area contributed by atoms with Crippen molar-refractivity contribution >= 4 is 5.82 Å². The van der Waals surface area contributed by atoms with Crippen LogP contribution >= 0.6 is 0 Å². The van der Waals surface area contributed by atoms with Crippen LogP contribution in [0.3, 0.4) is 0 Å². The Morgan fingerprint density at radius 3 is 2.57 bits per heavy atom. The van der Waals surface area contributed by atoms with Gasteiger partial charge in [-0.3, -0.25) is 0 Å². The van der Waals surface area contributed by atoms with Gasteiger partial charge in [-0.05, 0) is 17.7 Å². The molecule has 2 rings (SSSR count). The lowest BCUT2D eigenvalue weighted by atomic mass is 10.1. The Bertz CT molecular complexity index is 422. The van der Waals surface area contributed by atoms with Crippen LogP contribution in [0.25, 0.3) is 0 Å². The van der Waals surface area contributed by atoms with Crippen molar-refractivity contribution in [2.24, 2.45) is 0 Å². The summed E-state index contributed by atoms with van der Waals surface area (Å²) in [6.07, 6.45) is 0.574. The number of anilines is 1. The van der Waals surface area contributed by atoms with Gasteiger partial charge in [-0.2, -0.15) is 0 Å². The highest BCUT2D eigenvalue weighted by Crippen LogP contribution is 2.12. The van der Waals surface area contributed by atoms with Crippen LogP contribution in [0, 0.1) is 5.82 Å². The van der Waals surface area contributed by atoms with Crippen LogP contribution in [-0.2, 0) is 6.42 Å². The van der Waals surface area contributed by atoms with E-state index in [2.05, 4.69) is 5.16 Å². The minimum Gasteiger partial charge on any atom is -0.381 e. The molecule has 0 spiro atoms. The molecule has 1 aromatic carbocycles. The van der Waals surface area contributed by atoms with Crippen LogP contribution in [0.15, 0.2) is 34.9 Å². The van der Waals surface area contributed by atoms with Gasteiger partial charge in [-0.25, -0.2) is 4.39 Å². The van der Waals surface area contributed by atoms with Gasteiger partial charge in [0.1, 0.15) is 11.6 Å². The molecule has 0 amide bonds. The third-order valence-corrected chi connectivity index (χ3v) is 1.87. The van der Waals surface area contributed by atoms with Crippen LogP contribution in [-0.4, -0.2) is 5.16 Å². The van der Waals surface area contributed by atoms with E-state index in [1.54, 1.807) is 18.2 Å². The molecule has 0 saturated carbocycles. The van der Waals surface area contributed by atoms with E-state index in [0.717, 1.165) is 5.56 Å². The molecule has 2 aromatic rings. The van der Waals surface area contributed by atoms with E-state index in [-0.39, 0.29) is 5.82 Å². The molecule has 1 heterocycles. The predicted octanol–water partition coefficient (Wildman–Crippen LogP) is 1.99. The fourth-order valence-corrected chi connectivity index (χ4v) is 1.22. The lowest BCUT2D eigenvalue weighted by Gasteiger charge is -1.95. The first-order valence-electron chi connectivity index (χ1n) is 4.19. The lowest BCUT2D eigenvalue weighted by Crippen LogP contribution is -1.86. The first-order chi connectivity index (χ1) is 6.74. The lowest BCUT2D eigenvalue weighted by molar-refractivity contribution is 0.392. The van der Waals surface area contributed by atoms with Gasteiger partial charge >= 0.3 is 0 Å². The highest BCUT2D eigenvalue weighted by Gasteiger charge is 2.02. The topological polar surface area (TPSA) is 52.0 Å². The van der Waals surface area contributed by atoms with Gasteiger partial charge in [-0.15, -0.1) is 0 Å². The molecule has 2 N–H and O–H groups in total. The van der Waals surface area contributed by atoms with Crippen molar-refractivity contribution in [2.45, 2.75) is 6.42 Å². The number of nitrogen functional groups attached to an aromatic ring is 1. The summed E-state index contributed by atoms with van der Waals surface area (Å²) in [7, 11) is 0. The second-order valence-electron chi connectivity index (χ2n) is 3.02. The Kier molecular flexibility index (Phi) is 2.18. The molecule has 0 fully saturated rings. The van der Waals surface area contributed by atoms with Crippen molar-refractivity contribution in [1.29, 1.82) is 0 Å². The molecule has 0 aliphatic carbocycles.